The van der Waals surface area contributed by atoms with Crippen molar-refractivity contribution in [3.63, 3.8) is 0 Å². The van der Waals surface area contributed by atoms with Gasteiger partial charge in [0.25, 0.3) is 8.32 Å². The highest BCUT2D eigenvalue weighted by molar-refractivity contribution is 6.99. The lowest BCUT2D eigenvalue weighted by atomic mass is 9.91. The highest BCUT2D eigenvalue weighted by atomic mass is 28.4. The average molecular weight is 541 g/mol. The van der Waals surface area contributed by atoms with Crippen LogP contribution in [0.2, 0.25) is 23.2 Å². The number of epoxide rings is 1. The van der Waals surface area contributed by atoms with Crippen LogP contribution >= 0.6 is 0 Å². The maximum atomic E-state index is 7.61. The Morgan fingerprint density at radius 2 is 1.35 bits per heavy atom. The summed E-state index contributed by atoms with van der Waals surface area (Å²) in [4.78, 5) is 0. The molecule has 0 aromatic heterocycles. The van der Waals surface area contributed by atoms with Crippen LogP contribution in [0.1, 0.15) is 75.2 Å². The van der Waals surface area contributed by atoms with E-state index in [4.69, 9.17) is 13.6 Å². The molecule has 1 aliphatic rings. The summed E-state index contributed by atoms with van der Waals surface area (Å²) in [5.41, 5.74) is -0.210. The summed E-state index contributed by atoms with van der Waals surface area (Å²) in [5, 5.41) is 2.65. The van der Waals surface area contributed by atoms with Gasteiger partial charge < -0.3 is 13.6 Å². The van der Waals surface area contributed by atoms with Crippen molar-refractivity contribution in [3.05, 3.63) is 60.7 Å². The molecule has 1 saturated heterocycles. The molecule has 0 amide bonds. The molecule has 206 valence electrons. The van der Waals surface area contributed by atoms with Crippen molar-refractivity contribution in [2.24, 2.45) is 5.92 Å². The minimum atomic E-state index is -2.62. The van der Waals surface area contributed by atoms with E-state index in [0.29, 0.717) is 6.61 Å². The van der Waals surface area contributed by atoms with Gasteiger partial charge in [0.05, 0.1) is 18.8 Å². The van der Waals surface area contributed by atoms with Gasteiger partial charge >= 0.3 is 0 Å². The second-order valence-electron chi connectivity index (χ2n) is 12.4. The van der Waals surface area contributed by atoms with Crippen LogP contribution in [-0.4, -0.2) is 41.1 Å². The third kappa shape index (κ3) is 6.33. The molecule has 0 saturated carbocycles. The Kier molecular flexibility index (Phi) is 10.1. The quantitative estimate of drug-likeness (QED) is 0.183. The fourth-order valence-corrected chi connectivity index (χ4v) is 13.7. The van der Waals surface area contributed by atoms with E-state index >= 15 is 0 Å². The van der Waals surface area contributed by atoms with E-state index in [2.05, 4.69) is 123 Å². The minimum absolute atomic E-state index is 0.0349. The van der Waals surface area contributed by atoms with Crippen LogP contribution in [0, 0.1) is 5.92 Å². The van der Waals surface area contributed by atoms with Crippen molar-refractivity contribution < 1.29 is 13.6 Å². The van der Waals surface area contributed by atoms with Crippen LogP contribution in [0.4, 0.5) is 0 Å². The normalized spacial score (nSPS) is 22.0. The number of hydrogen-bond donors (Lipinski definition) is 0. The van der Waals surface area contributed by atoms with Crippen molar-refractivity contribution >= 4 is 27.0 Å². The van der Waals surface area contributed by atoms with Gasteiger partial charge in [-0.3, -0.25) is 0 Å². The molecule has 2 aromatic rings. The first-order valence-corrected chi connectivity index (χ1v) is 19.1. The lowest BCUT2D eigenvalue weighted by Gasteiger charge is -2.46. The van der Waals surface area contributed by atoms with Crippen molar-refractivity contribution in [1.29, 1.82) is 0 Å². The first-order valence-electron chi connectivity index (χ1n) is 14.6. The first kappa shape index (κ1) is 30.3. The van der Waals surface area contributed by atoms with E-state index in [9.17, 15) is 0 Å². The SMILES string of the molecule is CCC[C@@H](O[Si](c1ccccc1)(c1ccccc1)C(C)(C)C)[C@@H](C)[C@@H]1O[C@@]1(C)CO[Si](CC)(CC)CC. The van der Waals surface area contributed by atoms with E-state index in [1.54, 1.807) is 0 Å². The molecule has 1 aliphatic heterocycles. The summed E-state index contributed by atoms with van der Waals surface area (Å²) in [5.74, 6) is 0.288. The van der Waals surface area contributed by atoms with Crippen LogP contribution in [0.25, 0.3) is 0 Å². The van der Waals surface area contributed by atoms with Crippen LogP contribution in [0.15, 0.2) is 60.7 Å². The molecule has 2 aromatic carbocycles. The zero-order valence-corrected chi connectivity index (χ0v) is 27.0. The van der Waals surface area contributed by atoms with Gasteiger partial charge in [0.1, 0.15) is 5.60 Å². The van der Waals surface area contributed by atoms with Gasteiger partial charge in [0, 0.05) is 5.92 Å². The molecular weight excluding hydrogens is 489 g/mol. The van der Waals surface area contributed by atoms with E-state index in [1.165, 1.54) is 28.5 Å². The predicted octanol–water partition coefficient (Wildman–Crippen LogP) is 7.55. The van der Waals surface area contributed by atoms with Crippen LogP contribution in [-0.2, 0) is 13.6 Å². The van der Waals surface area contributed by atoms with Gasteiger partial charge in [-0.1, -0.05) is 122 Å². The third-order valence-electron chi connectivity index (χ3n) is 8.92. The van der Waals surface area contributed by atoms with Gasteiger partial charge in [0.2, 0.25) is 0 Å². The Labute approximate surface area is 229 Å². The van der Waals surface area contributed by atoms with Crippen LogP contribution < -0.4 is 10.4 Å². The Hall–Kier alpha value is -1.25. The number of rotatable bonds is 14. The Balaban J connectivity index is 1.93. The van der Waals surface area contributed by atoms with Crippen molar-refractivity contribution in [2.75, 3.05) is 6.61 Å². The molecule has 1 heterocycles. The van der Waals surface area contributed by atoms with Gasteiger partial charge in [-0.05, 0) is 46.9 Å². The maximum absolute atomic E-state index is 7.61. The molecule has 0 radical (unpaired) electrons. The summed E-state index contributed by atoms with van der Waals surface area (Å²) in [6.07, 6.45) is 2.40. The Morgan fingerprint density at radius 1 is 0.865 bits per heavy atom. The summed E-state index contributed by atoms with van der Waals surface area (Å²) in [6, 6.07) is 25.5. The fraction of sp³-hybridized carbons (Fsp3) is 0.625. The highest BCUT2D eigenvalue weighted by Crippen LogP contribution is 2.46. The van der Waals surface area contributed by atoms with Crippen LogP contribution in [0.3, 0.4) is 0 Å². The third-order valence-corrected chi connectivity index (χ3v) is 18.6. The van der Waals surface area contributed by atoms with Crippen molar-refractivity contribution in [1.82, 2.24) is 0 Å². The topological polar surface area (TPSA) is 31.0 Å². The molecule has 37 heavy (non-hydrogen) atoms. The zero-order chi connectivity index (χ0) is 27.3. The predicted molar refractivity (Wildman–Crippen MR) is 163 cm³/mol. The summed E-state index contributed by atoms with van der Waals surface area (Å²) >= 11 is 0. The lowest BCUT2D eigenvalue weighted by molar-refractivity contribution is 0.103. The fourth-order valence-electron chi connectivity index (χ4n) is 6.22. The van der Waals surface area contributed by atoms with Gasteiger partial charge in [-0.2, -0.15) is 0 Å². The molecule has 3 nitrogen and oxygen atoms in total. The molecule has 0 N–H and O–H groups in total. The summed E-state index contributed by atoms with van der Waals surface area (Å²) < 4.78 is 20.8. The van der Waals surface area contributed by atoms with Gasteiger partial charge in [-0.25, -0.2) is 0 Å². The van der Waals surface area contributed by atoms with E-state index < -0.39 is 16.6 Å². The summed E-state index contributed by atoms with van der Waals surface area (Å²) in [6.45, 7) is 21.6. The van der Waals surface area contributed by atoms with Gasteiger partial charge in [-0.15, -0.1) is 0 Å². The zero-order valence-electron chi connectivity index (χ0n) is 25.0. The number of hydrogen-bond acceptors (Lipinski definition) is 3. The Morgan fingerprint density at radius 3 is 1.76 bits per heavy atom. The van der Waals surface area contributed by atoms with Crippen molar-refractivity contribution in [2.45, 2.75) is 116 Å². The summed E-state index contributed by atoms with van der Waals surface area (Å²) in [7, 11) is -4.27. The molecule has 0 unspecified atom stereocenters. The second-order valence-corrected chi connectivity index (χ2v) is 21.4. The van der Waals surface area contributed by atoms with E-state index in [0.717, 1.165) is 12.8 Å². The van der Waals surface area contributed by atoms with E-state index in [1.807, 2.05) is 0 Å². The van der Waals surface area contributed by atoms with Crippen LogP contribution in [0.5, 0.6) is 0 Å². The molecule has 4 atom stereocenters. The standard InChI is InChI=1S/C32H52O3Si2/c1-10-20-29(26(5)30-32(9,34-30)25-33-36(11-2,12-3)13-4)35-37(31(6,7)8,27-21-16-14-17-22-27)28-23-18-15-19-24-28/h14-19,21-24,26,29-30H,10-13,20,25H2,1-9H3/t26-,29-,30+,32+/m1/s1. The molecule has 3 rings (SSSR count). The average Bonchev–Trinajstić information content (AvgIpc) is 3.59. The number of ether oxygens (including phenoxy) is 1. The number of benzene rings is 2. The van der Waals surface area contributed by atoms with Crippen molar-refractivity contribution in [3.8, 4) is 0 Å². The lowest BCUT2D eigenvalue weighted by Crippen LogP contribution is -2.68. The molecule has 1 fully saturated rings. The highest BCUT2D eigenvalue weighted by Gasteiger charge is 2.59. The second kappa shape index (κ2) is 12.3. The first-order chi connectivity index (χ1) is 17.5. The molecule has 5 heteroatoms. The Bertz CT molecular complexity index is 907. The maximum Gasteiger partial charge on any atom is 0.261 e. The molecular formula is C32H52O3Si2. The van der Waals surface area contributed by atoms with E-state index in [-0.39, 0.29) is 28.8 Å². The minimum Gasteiger partial charge on any atom is -0.414 e. The van der Waals surface area contributed by atoms with Gasteiger partial charge in [0.15, 0.2) is 8.32 Å². The molecule has 0 spiro atoms. The smallest absolute Gasteiger partial charge is 0.261 e. The molecule has 0 aliphatic carbocycles. The largest absolute Gasteiger partial charge is 0.414 e. The molecule has 0 bridgehead atoms. The monoisotopic (exact) mass is 540 g/mol.